The van der Waals surface area contributed by atoms with Crippen molar-refractivity contribution in [3.05, 3.63) is 34.6 Å². The molecular weight excluding hydrogens is 337 g/mol. The maximum Gasteiger partial charge on any atom is 0.417 e. The van der Waals surface area contributed by atoms with Crippen LogP contribution >= 0.6 is 11.6 Å². The molecule has 0 bridgehead atoms. The zero-order valence-corrected chi connectivity index (χ0v) is 12.9. The van der Waals surface area contributed by atoms with Gasteiger partial charge in [-0.3, -0.25) is 0 Å². The first-order valence-corrected chi connectivity index (χ1v) is 6.85. The molecule has 0 radical (unpaired) electrons. The number of nitrogens with one attached hydrogen (secondary N) is 1. The Labute approximate surface area is 134 Å². The summed E-state index contributed by atoms with van der Waals surface area (Å²) in [6.45, 7) is 3.79. The number of carbonyl (C=O) groups is 1. The van der Waals surface area contributed by atoms with Crippen LogP contribution in [0.25, 0.3) is 0 Å². The number of halogens is 4. The van der Waals surface area contributed by atoms with Gasteiger partial charge in [0, 0.05) is 18.8 Å². The molecule has 10 heteroatoms. The molecule has 23 heavy (non-hydrogen) atoms. The number of carbonyl (C=O) groups excluding carboxylic acids is 1. The Bertz CT molecular complexity index is 730. The van der Waals surface area contributed by atoms with Crippen molar-refractivity contribution < 1.29 is 22.7 Å². The molecule has 1 amide bonds. The summed E-state index contributed by atoms with van der Waals surface area (Å²) in [5, 5.41) is 6.14. The molecule has 6 nitrogen and oxygen atoms in total. The number of aryl methyl sites for hydroxylation is 1. The lowest BCUT2D eigenvalue weighted by Crippen LogP contribution is -2.29. The van der Waals surface area contributed by atoms with Gasteiger partial charge in [-0.05, 0) is 19.9 Å². The fourth-order valence-corrected chi connectivity index (χ4v) is 1.89. The lowest BCUT2D eigenvalue weighted by atomic mass is 10.3. The summed E-state index contributed by atoms with van der Waals surface area (Å²) >= 11 is 5.74. The van der Waals surface area contributed by atoms with Gasteiger partial charge in [0.05, 0.1) is 11.3 Å². The molecular formula is C13H12ClF3N4O2. The van der Waals surface area contributed by atoms with Crippen LogP contribution < -0.4 is 10.1 Å². The fourth-order valence-electron chi connectivity index (χ4n) is 1.68. The van der Waals surface area contributed by atoms with Crippen molar-refractivity contribution in [2.24, 2.45) is 0 Å². The van der Waals surface area contributed by atoms with Crippen LogP contribution in [0.4, 0.5) is 18.0 Å². The van der Waals surface area contributed by atoms with Crippen molar-refractivity contribution in [2.75, 3.05) is 6.54 Å². The Morgan fingerprint density at radius 1 is 1.43 bits per heavy atom. The second-order valence-electron chi connectivity index (χ2n) is 4.48. The van der Waals surface area contributed by atoms with Gasteiger partial charge >= 0.3 is 12.2 Å². The zero-order valence-electron chi connectivity index (χ0n) is 12.1. The summed E-state index contributed by atoms with van der Waals surface area (Å²) in [4.78, 5) is 15.3. The summed E-state index contributed by atoms with van der Waals surface area (Å²) in [6, 6.07) is 1.69. The number of pyridine rings is 1. The smallest absolute Gasteiger partial charge is 0.417 e. The average Bonchev–Trinajstić information content (AvgIpc) is 2.81. The van der Waals surface area contributed by atoms with Crippen molar-refractivity contribution in [2.45, 2.75) is 20.0 Å². The number of amides is 1. The molecule has 0 atom stereocenters. The molecule has 0 spiro atoms. The topological polar surface area (TPSA) is 69.0 Å². The minimum atomic E-state index is -4.55. The number of rotatable bonds is 3. The van der Waals surface area contributed by atoms with E-state index in [-0.39, 0.29) is 16.8 Å². The van der Waals surface area contributed by atoms with Crippen molar-refractivity contribution in [1.29, 1.82) is 0 Å². The van der Waals surface area contributed by atoms with Crippen LogP contribution in [0.3, 0.4) is 0 Å². The Morgan fingerprint density at radius 2 is 2.13 bits per heavy atom. The Kier molecular flexibility index (Phi) is 4.79. The first kappa shape index (κ1) is 17.1. The molecule has 2 rings (SSSR count). The van der Waals surface area contributed by atoms with Gasteiger partial charge in [-0.1, -0.05) is 11.6 Å². The van der Waals surface area contributed by atoms with Crippen LogP contribution in [0.1, 0.15) is 18.2 Å². The number of alkyl halides is 3. The number of aromatic nitrogens is 3. The van der Waals surface area contributed by atoms with Crippen molar-refractivity contribution in [3.63, 3.8) is 0 Å². The maximum absolute atomic E-state index is 12.5. The molecule has 0 aromatic carbocycles. The number of hydrogen-bond acceptors (Lipinski definition) is 4. The molecule has 0 fully saturated rings. The monoisotopic (exact) mass is 348 g/mol. The predicted molar refractivity (Wildman–Crippen MR) is 75.8 cm³/mol. The highest BCUT2D eigenvalue weighted by Crippen LogP contribution is 2.34. The normalized spacial score (nSPS) is 11.4. The molecule has 0 aliphatic rings. The largest absolute Gasteiger partial charge is 0.417 e. The lowest BCUT2D eigenvalue weighted by molar-refractivity contribution is -0.137. The van der Waals surface area contributed by atoms with E-state index in [4.69, 9.17) is 16.3 Å². The van der Waals surface area contributed by atoms with Gasteiger partial charge in [-0.2, -0.15) is 17.9 Å². The van der Waals surface area contributed by atoms with Crippen LogP contribution in [-0.4, -0.2) is 27.3 Å². The quantitative estimate of drug-likeness (QED) is 0.919. The van der Waals surface area contributed by atoms with Crippen LogP contribution in [0.15, 0.2) is 18.3 Å². The van der Waals surface area contributed by atoms with E-state index in [1.807, 2.05) is 0 Å². The standard InChI is InChI=1S/C13H12ClF3N4O2/c1-3-18-12(22)21-7(2)4-10(20-21)23-11-9(14)5-8(6-19-11)13(15,16)17/h4-6H,3H2,1-2H3,(H,18,22). The molecule has 0 unspecified atom stereocenters. The molecule has 0 saturated carbocycles. The first-order chi connectivity index (χ1) is 10.7. The van der Waals surface area contributed by atoms with Gasteiger partial charge in [-0.15, -0.1) is 5.10 Å². The van der Waals surface area contributed by atoms with Crippen molar-refractivity contribution >= 4 is 17.6 Å². The third-order valence-corrected chi connectivity index (χ3v) is 2.99. The SMILES string of the molecule is CCNC(=O)n1nc(Oc2ncc(C(F)(F)F)cc2Cl)cc1C. The molecule has 1 N–H and O–H groups in total. The maximum atomic E-state index is 12.5. The van der Waals surface area contributed by atoms with Gasteiger partial charge in [-0.25, -0.2) is 9.78 Å². The van der Waals surface area contributed by atoms with Crippen LogP contribution in [0, 0.1) is 6.92 Å². The number of hydrogen-bond donors (Lipinski definition) is 1. The third kappa shape index (κ3) is 3.92. The Hall–Kier alpha value is -2.29. The van der Waals surface area contributed by atoms with Crippen LogP contribution in [0.5, 0.6) is 11.8 Å². The Balaban J connectivity index is 2.23. The van der Waals surface area contributed by atoms with E-state index in [2.05, 4.69) is 15.4 Å². The van der Waals surface area contributed by atoms with E-state index in [1.165, 1.54) is 6.07 Å². The summed E-state index contributed by atoms with van der Waals surface area (Å²) in [6.07, 6.45) is -3.94. The summed E-state index contributed by atoms with van der Waals surface area (Å²) in [5.41, 5.74) is -0.507. The van der Waals surface area contributed by atoms with Crippen LogP contribution in [-0.2, 0) is 6.18 Å². The summed E-state index contributed by atoms with van der Waals surface area (Å²) in [7, 11) is 0. The summed E-state index contributed by atoms with van der Waals surface area (Å²) < 4.78 is 43.9. The fraction of sp³-hybridized carbons (Fsp3) is 0.308. The molecule has 0 saturated heterocycles. The van der Waals surface area contributed by atoms with Gasteiger partial charge in [0.1, 0.15) is 5.02 Å². The molecule has 2 heterocycles. The molecule has 2 aromatic heterocycles. The Morgan fingerprint density at radius 3 is 2.70 bits per heavy atom. The van der Waals surface area contributed by atoms with E-state index >= 15 is 0 Å². The molecule has 124 valence electrons. The van der Waals surface area contributed by atoms with E-state index in [0.717, 1.165) is 4.68 Å². The number of nitrogens with zero attached hydrogens (tertiary/aromatic N) is 3. The average molecular weight is 349 g/mol. The molecule has 0 aliphatic carbocycles. The highest BCUT2D eigenvalue weighted by Gasteiger charge is 2.32. The minimum absolute atomic E-state index is 0.0112. The predicted octanol–water partition coefficient (Wildman–Crippen LogP) is 3.63. The van der Waals surface area contributed by atoms with Gasteiger partial charge < -0.3 is 10.1 Å². The number of ether oxygens (including phenoxy) is 1. The highest BCUT2D eigenvalue weighted by molar-refractivity contribution is 6.31. The second-order valence-corrected chi connectivity index (χ2v) is 4.89. The van der Waals surface area contributed by atoms with Crippen LogP contribution in [0.2, 0.25) is 5.02 Å². The van der Waals surface area contributed by atoms with Crippen molar-refractivity contribution in [1.82, 2.24) is 20.1 Å². The van der Waals surface area contributed by atoms with E-state index in [0.29, 0.717) is 24.5 Å². The zero-order chi connectivity index (χ0) is 17.2. The lowest BCUT2D eigenvalue weighted by Gasteiger charge is -2.08. The highest BCUT2D eigenvalue weighted by atomic mass is 35.5. The van der Waals surface area contributed by atoms with Gasteiger partial charge in [0.15, 0.2) is 0 Å². The molecule has 2 aromatic rings. The second kappa shape index (κ2) is 6.45. The summed E-state index contributed by atoms with van der Waals surface area (Å²) in [5.74, 6) is -0.247. The minimum Gasteiger partial charge on any atom is -0.417 e. The van der Waals surface area contributed by atoms with Gasteiger partial charge in [0.25, 0.3) is 0 Å². The van der Waals surface area contributed by atoms with E-state index < -0.39 is 17.8 Å². The third-order valence-electron chi connectivity index (χ3n) is 2.72. The van der Waals surface area contributed by atoms with Gasteiger partial charge in [0.2, 0.25) is 11.8 Å². The molecule has 0 aliphatic heterocycles. The van der Waals surface area contributed by atoms with E-state index in [1.54, 1.807) is 13.8 Å². The first-order valence-electron chi connectivity index (χ1n) is 6.47. The van der Waals surface area contributed by atoms with E-state index in [9.17, 15) is 18.0 Å². The van der Waals surface area contributed by atoms with Crippen molar-refractivity contribution in [3.8, 4) is 11.8 Å².